The summed E-state index contributed by atoms with van der Waals surface area (Å²) < 4.78 is 38.2. The molecule has 1 N–H and O–H groups in total. The van der Waals surface area contributed by atoms with E-state index >= 15 is 0 Å². The minimum absolute atomic E-state index is 0.00736. The lowest BCUT2D eigenvalue weighted by molar-refractivity contribution is -0.118. The normalized spacial score (nSPS) is 16.9. The maximum absolute atomic E-state index is 12.7. The Morgan fingerprint density at radius 3 is 2.57 bits per heavy atom. The van der Waals surface area contributed by atoms with Crippen LogP contribution in [0.4, 0.5) is 5.82 Å². The van der Waals surface area contributed by atoms with Gasteiger partial charge in [0.05, 0.1) is 29.3 Å². The Kier molecular flexibility index (Phi) is 7.51. The number of carbonyl (C=O) groups excluding carboxylic acids is 1. The first-order valence-corrected chi connectivity index (χ1v) is 14.0. The molecule has 1 aliphatic rings. The second-order valence-corrected chi connectivity index (χ2v) is 12.0. The number of anilines is 1. The van der Waals surface area contributed by atoms with E-state index in [9.17, 15) is 13.2 Å². The van der Waals surface area contributed by atoms with Gasteiger partial charge in [-0.2, -0.15) is 5.10 Å². The molecule has 186 valence electrons. The quantitative estimate of drug-likeness (QED) is 0.424. The van der Waals surface area contributed by atoms with Gasteiger partial charge in [0.2, 0.25) is 0 Å². The second-order valence-electron chi connectivity index (χ2n) is 8.85. The van der Waals surface area contributed by atoms with Crippen molar-refractivity contribution in [3.05, 3.63) is 58.6 Å². The number of sulfone groups is 1. The Labute approximate surface area is 213 Å². The van der Waals surface area contributed by atoms with Crippen LogP contribution in [0, 0.1) is 6.92 Å². The van der Waals surface area contributed by atoms with Crippen molar-refractivity contribution in [3.8, 4) is 22.8 Å². The van der Waals surface area contributed by atoms with Crippen LogP contribution in [0.5, 0.6) is 11.5 Å². The molecule has 1 atom stereocenters. The molecule has 10 heteroatoms. The number of aromatic nitrogens is 2. The molecule has 1 aromatic heterocycles. The Balaban J connectivity index is 1.57. The summed E-state index contributed by atoms with van der Waals surface area (Å²) in [5.74, 6) is 1.53. The summed E-state index contributed by atoms with van der Waals surface area (Å²) in [6.45, 7) is 5.72. The number of hydrogen-bond acceptors (Lipinski definition) is 6. The third kappa shape index (κ3) is 6.43. The van der Waals surface area contributed by atoms with Gasteiger partial charge in [-0.05, 0) is 75.2 Å². The van der Waals surface area contributed by atoms with Crippen LogP contribution < -0.4 is 14.8 Å². The van der Waals surface area contributed by atoms with Gasteiger partial charge in [-0.1, -0.05) is 15.9 Å². The highest BCUT2D eigenvalue weighted by Gasteiger charge is 2.32. The van der Waals surface area contributed by atoms with Crippen molar-refractivity contribution in [1.82, 2.24) is 9.78 Å². The highest BCUT2D eigenvalue weighted by atomic mass is 79.9. The van der Waals surface area contributed by atoms with E-state index in [2.05, 4.69) is 21.2 Å². The van der Waals surface area contributed by atoms with Gasteiger partial charge in [-0.3, -0.25) is 4.79 Å². The summed E-state index contributed by atoms with van der Waals surface area (Å²) in [6, 6.07) is 14.4. The van der Waals surface area contributed by atoms with Crippen molar-refractivity contribution in [2.24, 2.45) is 0 Å². The molecule has 4 rings (SSSR count). The molecule has 1 fully saturated rings. The number of aryl methyl sites for hydroxylation is 1. The molecule has 1 amide bonds. The van der Waals surface area contributed by atoms with E-state index < -0.39 is 9.84 Å². The van der Waals surface area contributed by atoms with Gasteiger partial charge in [0.25, 0.3) is 5.91 Å². The number of nitrogens with zero attached hydrogens (tertiary/aromatic N) is 2. The van der Waals surface area contributed by atoms with E-state index in [4.69, 9.17) is 14.6 Å². The SMILES string of the molecule is Cc1cc(-c2cc(NC(=O)COc3ccc(Br)cc3)n([C@H]3CCS(=O)(=O)C3)n2)ccc1OC(C)C. The van der Waals surface area contributed by atoms with Crippen LogP contribution >= 0.6 is 15.9 Å². The van der Waals surface area contributed by atoms with E-state index in [1.54, 1.807) is 22.9 Å². The summed E-state index contributed by atoms with van der Waals surface area (Å²) in [5.41, 5.74) is 2.44. The van der Waals surface area contributed by atoms with Crippen LogP contribution in [0.25, 0.3) is 11.3 Å². The van der Waals surface area contributed by atoms with Crippen LogP contribution in [-0.4, -0.2) is 48.3 Å². The van der Waals surface area contributed by atoms with Crippen molar-refractivity contribution in [2.75, 3.05) is 23.4 Å². The minimum Gasteiger partial charge on any atom is -0.491 e. The molecule has 3 aromatic rings. The number of benzene rings is 2. The highest BCUT2D eigenvalue weighted by Crippen LogP contribution is 2.32. The van der Waals surface area contributed by atoms with Gasteiger partial charge >= 0.3 is 0 Å². The first-order chi connectivity index (χ1) is 16.6. The van der Waals surface area contributed by atoms with Crippen LogP contribution in [0.1, 0.15) is 31.9 Å². The molecule has 2 aromatic carbocycles. The first-order valence-electron chi connectivity index (χ1n) is 11.4. The molecule has 0 aliphatic carbocycles. The summed E-state index contributed by atoms with van der Waals surface area (Å²) in [7, 11) is -3.14. The number of hydrogen-bond donors (Lipinski definition) is 1. The van der Waals surface area contributed by atoms with Crippen LogP contribution in [-0.2, 0) is 14.6 Å². The number of rotatable bonds is 8. The molecule has 35 heavy (non-hydrogen) atoms. The van der Waals surface area contributed by atoms with Gasteiger partial charge in [0.15, 0.2) is 16.4 Å². The second kappa shape index (κ2) is 10.4. The molecule has 2 heterocycles. The zero-order chi connectivity index (χ0) is 25.2. The predicted octanol–water partition coefficient (Wildman–Crippen LogP) is 4.79. The maximum atomic E-state index is 12.7. The lowest BCUT2D eigenvalue weighted by Crippen LogP contribution is -2.23. The summed E-state index contributed by atoms with van der Waals surface area (Å²) in [6.07, 6.45) is 0.506. The van der Waals surface area contributed by atoms with Gasteiger partial charge in [0, 0.05) is 16.1 Å². The smallest absolute Gasteiger partial charge is 0.263 e. The van der Waals surface area contributed by atoms with Crippen molar-refractivity contribution >= 4 is 37.5 Å². The Morgan fingerprint density at radius 1 is 1.20 bits per heavy atom. The van der Waals surface area contributed by atoms with Crippen molar-refractivity contribution in [2.45, 2.75) is 39.3 Å². The third-order valence-corrected chi connectivity index (χ3v) is 7.85. The average molecular weight is 562 g/mol. The van der Waals surface area contributed by atoms with E-state index in [-0.39, 0.29) is 36.2 Å². The molecule has 1 saturated heterocycles. The number of amides is 1. The summed E-state index contributed by atoms with van der Waals surface area (Å²) in [5, 5.41) is 7.54. The fourth-order valence-corrected chi connectivity index (χ4v) is 5.89. The number of carbonyl (C=O) groups is 1. The molecular weight excluding hydrogens is 534 g/mol. The molecule has 0 radical (unpaired) electrons. The van der Waals surface area contributed by atoms with E-state index in [0.717, 1.165) is 21.3 Å². The average Bonchev–Trinajstić information content (AvgIpc) is 3.37. The highest BCUT2D eigenvalue weighted by molar-refractivity contribution is 9.10. The lowest BCUT2D eigenvalue weighted by atomic mass is 10.1. The zero-order valence-electron chi connectivity index (χ0n) is 19.8. The molecule has 0 saturated carbocycles. The standard InChI is InChI=1S/C25H28BrN3O5S/c1-16(2)34-23-9-4-18(12-17(23)3)22-13-24(29(28-22)20-10-11-35(31,32)15-20)27-25(30)14-33-21-7-5-19(26)6-8-21/h4-9,12-13,16,20H,10-11,14-15H2,1-3H3,(H,27,30)/t20-/m0/s1. The topological polar surface area (TPSA) is 99.5 Å². The number of ether oxygens (including phenoxy) is 2. The fourth-order valence-electron chi connectivity index (χ4n) is 3.93. The Morgan fingerprint density at radius 2 is 1.94 bits per heavy atom. The summed E-state index contributed by atoms with van der Waals surface area (Å²) in [4.78, 5) is 12.7. The third-order valence-electron chi connectivity index (χ3n) is 5.57. The van der Waals surface area contributed by atoms with Crippen LogP contribution in [0.15, 0.2) is 53.0 Å². The molecule has 0 unspecified atom stereocenters. The van der Waals surface area contributed by atoms with Crippen molar-refractivity contribution in [3.63, 3.8) is 0 Å². The number of halogens is 1. The molecule has 0 spiro atoms. The number of nitrogens with one attached hydrogen (secondary N) is 1. The van der Waals surface area contributed by atoms with E-state index in [0.29, 0.717) is 23.7 Å². The monoisotopic (exact) mass is 561 g/mol. The summed E-state index contributed by atoms with van der Waals surface area (Å²) >= 11 is 3.36. The molecule has 1 aliphatic heterocycles. The molecule has 8 nitrogen and oxygen atoms in total. The molecular formula is C25H28BrN3O5S. The van der Waals surface area contributed by atoms with Crippen molar-refractivity contribution in [1.29, 1.82) is 0 Å². The predicted molar refractivity (Wildman–Crippen MR) is 139 cm³/mol. The van der Waals surface area contributed by atoms with Gasteiger partial charge < -0.3 is 14.8 Å². The first kappa shape index (κ1) is 25.2. The van der Waals surface area contributed by atoms with Crippen molar-refractivity contribution < 1.29 is 22.7 Å². The van der Waals surface area contributed by atoms with Gasteiger partial charge in [-0.15, -0.1) is 0 Å². The Bertz CT molecular complexity index is 1320. The zero-order valence-corrected chi connectivity index (χ0v) is 22.2. The van der Waals surface area contributed by atoms with Crippen LogP contribution in [0.2, 0.25) is 0 Å². The van der Waals surface area contributed by atoms with E-state index in [1.807, 2.05) is 51.1 Å². The lowest BCUT2D eigenvalue weighted by Gasteiger charge is -2.14. The van der Waals surface area contributed by atoms with Gasteiger partial charge in [0.1, 0.15) is 17.3 Å². The van der Waals surface area contributed by atoms with Gasteiger partial charge in [-0.25, -0.2) is 13.1 Å². The largest absolute Gasteiger partial charge is 0.491 e. The maximum Gasteiger partial charge on any atom is 0.263 e. The van der Waals surface area contributed by atoms with E-state index in [1.165, 1.54) is 0 Å². The fraction of sp³-hybridized carbons (Fsp3) is 0.360. The molecule has 0 bridgehead atoms. The minimum atomic E-state index is -3.14. The Hall–Kier alpha value is -2.85. The van der Waals surface area contributed by atoms with Crippen LogP contribution in [0.3, 0.4) is 0 Å².